The molecule has 0 fully saturated rings. The molecular weight excluding hydrogens is 497 g/mol. The molecule has 32 heavy (non-hydrogen) atoms. The standard InChI is InChI=1S/C22H23BrFN5O2S/c1-13(2)19(26-21(31)14-7-5-4-6-8-14)20-27-28-22(29(20)3)32-12-18(30)25-17-10-9-15(23)11-16(17)24/h4-11,13,19H,12H2,1-3H3,(H,25,30)(H,26,31). The van der Waals surface area contributed by atoms with Gasteiger partial charge in [-0.25, -0.2) is 4.39 Å². The first kappa shape index (κ1) is 23.9. The number of hydrogen-bond acceptors (Lipinski definition) is 5. The summed E-state index contributed by atoms with van der Waals surface area (Å²) < 4.78 is 16.3. The third-order valence-electron chi connectivity index (χ3n) is 4.67. The zero-order chi connectivity index (χ0) is 23.3. The molecule has 10 heteroatoms. The van der Waals surface area contributed by atoms with Crippen molar-refractivity contribution in [2.75, 3.05) is 11.1 Å². The van der Waals surface area contributed by atoms with Crippen molar-refractivity contribution in [3.63, 3.8) is 0 Å². The number of carbonyl (C=O) groups is 2. The monoisotopic (exact) mass is 519 g/mol. The maximum absolute atomic E-state index is 13.9. The Morgan fingerprint density at radius 1 is 1.16 bits per heavy atom. The highest BCUT2D eigenvalue weighted by Gasteiger charge is 2.25. The van der Waals surface area contributed by atoms with Crippen LogP contribution in [0, 0.1) is 11.7 Å². The summed E-state index contributed by atoms with van der Waals surface area (Å²) in [6, 6.07) is 13.0. The minimum atomic E-state index is -0.521. The summed E-state index contributed by atoms with van der Waals surface area (Å²) in [4.78, 5) is 24.9. The number of nitrogens with one attached hydrogen (secondary N) is 2. The van der Waals surface area contributed by atoms with Gasteiger partial charge in [-0.15, -0.1) is 10.2 Å². The van der Waals surface area contributed by atoms with Crippen LogP contribution in [0.15, 0.2) is 58.2 Å². The van der Waals surface area contributed by atoms with E-state index in [2.05, 4.69) is 36.8 Å². The maximum atomic E-state index is 13.9. The Kier molecular flexibility index (Phi) is 8.03. The predicted octanol–water partition coefficient (Wildman–Crippen LogP) is 4.57. The van der Waals surface area contributed by atoms with Gasteiger partial charge in [-0.05, 0) is 36.2 Å². The van der Waals surface area contributed by atoms with Crippen molar-refractivity contribution in [1.82, 2.24) is 20.1 Å². The summed E-state index contributed by atoms with van der Waals surface area (Å²) in [6.07, 6.45) is 0. The van der Waals surface area contributed by atoms with E-state index in [0.29, 0.717) is 21.0 Å². The van der Waals surface area contributed by atoms with Gasteiger partial charge in [0.1, 0.15) is 5.82 Å². The summed E-state index contributed by atoms with van der Waals surface area (Å²) in [5.74, 6) is -0.397. The quantitative estimate of drug-likeness (QED) is 0.425. The number of amides is 2. The lowest BCUT2D eigenvalue weighted by atomic mass is 10.0. The van der Waals surface area contributed by atoms with E-state index in [-0.39, 0.29) is 35.2 Å². The maximum Gasteiger partial charge on any atom is 0.251 e. The van der Waals surface area contributed by atoms with Crippen molar-refractivity contribution < 1.29 is 14.0 Å². The summed E-state index contributed by atoms with van der Waals surface area (Å²) in [7, 11) is 1.79. The fraction of sp³-hybridized carbons (Fsp3) is 0.273. The number of nitrogens with zero attached hydrogens (tertiary/aromatic N) is 3. The van der Waals surface area contributed by atoms with Crippen LogP contribution in [0.1, 0.15) is 36.1 Å². The Balaban J connectivity index is 1.66. The average molecular weight is 520 g/mol. The van der Waals surface area contributed by atoms with E-state index >= 15 is 0 Å². The van der Waals surface area contributed by atoms with Crippen molar-refractivity contribution >= 4 is 45.2 Å². The lowest BCUT2D eigenvalue weighted by Gasteiger charge is -2.21. The number of hydrogen-bond donors (Lipinski definition) is 2. The van der Waals surface area contributed by atoms with Crippen LogP contribution in [0.3, 0.4) is 0 Å². The zero-order valence-corrected chi connectivity index (χ0v) is 20.2. The number of aromatic nitrogens is 3. The van der Waals surface area contributed by atoms with Crippen LogP contribution in [0.4, 0.5) is 10.1 Å². The van der Waals surface area contributed by atoms with Crippen molar-refractivity contribution in [2.24, 2.45) is 13.0 Å². The Bertz CT molecular complexity index is 1110. The van der Waals surface area contributed by atoms with E-state index < -0.39 is 5.82 Å². The van der Waals surface area contributed by atoms with Crippen LogP contribution in [0.25, 0.3) is 0 Å². The first-order chi connectivity index (χ1) is 15.3. The molecule has 1 aromatic heterocycles. The van der Waals surface area contributed by atoms with Gasteiger partial charge in [0, 0.05) is 17.1 Å². The summed E-state index contributed by atoms with van der Waals surface area (Å²) in [5, 5.41) is 14.5. The number of halogens is 2. The number of rotatable bonds is 8. The van der Waals surface area contributed by atoms with Crippen molar-refractivity contribution in [1.29, 1.82) is 0 Å². The van der Waals surface area contributed by atoms with Gasteiger partial charge in [-0.3, -0.25) is 9.59 Å². The lowest BCUT2D eigenvalue weighted by molar-refractivity contribution is -0.113. The van der Waals surface area contributed by atoms with E-state index in [9.17, 15) is 14.0 Å². The molecule has 1 heterocycles. The number of thioether (sulfide) groups is 1. The Hall–Kier alpha value is -2.72. The molecule has 3 rings (SSSR count). The van der Waals surface area contributed by atoms with E-state index in [4.69, 9.17) is 0 Å². The van der Waals surface area contributed by atoms with Gasteiger partial charge in [0.05, 0.1) is 17.5 Å². The van der Waals surface area contributed by atoms with Crippen LogP contribution < -0.4 is 10.6 Å². The number of carbonyl (C=O) groups excluding carboxylic acids is 2. The normalized spacial score (nSPS) is 11.9. The molecule has 2 amide bonds. The molecule has 0 radical (unpaired) electrons. The Labute approximate surface area is 198 Å². The highest BCUT2D eigenvalue weighted by atomic mass is 79.9. The Morgan fingerprint density at radius 2 is 1.88 bits per heavy atom. The first-order valence-electron chi connectivity index (χ1n) is 9.89. The molecule has 7 nitrogen and oxygen atoms in total. The molecule has 0 spiro atoms. The van der Waals surface area contributed by atoms with Crippen molar-refractivity contribution in [3.8, 4) is 0 Å². The molecule has 3 aromatic rings. The second-order valence-corrected chi connectivity index (χ2v) is 9.28. The second kappa shape index (κ2) is 10.7. The lowest BCUT2D eigenvalue weighted by Crippen LogP contribution is -2.33. The molecule has 1 atom stereocenters. The fourth-order valence-corrected chi connectivity index (χ4v) is 4.02. The summed E-state index contributed by atoms with van der Waals surface area (Å²) in [6.45, 7) is 3.97. The van der Waals surface area contributed by atoms with Crippen LogP contribution in [-0.2, 0) is 11.8 Å². The molecule has 0 bridgehead atoms. The first-order valence-corrected chi connectivity index (χ1v) is 11.7. The largest absolute Gasteiger partial charge is 0.342 e. The SMILES string of the molecule is CC(C)C(NC(=O)c1ccccc1)c1nnc(SCC(=O)Nc2ccc(Br)cc2F)n1C. The van der Waals surface area contributed by atoms with Gasteiger partial charge in [0.25, 0.3) is 5.91 Å². The molecule has 0 saturated carbocycles. The molecule has 2 N–H and O–H groups in total. The second-order valence-electron chi connectivity index (χ2n) is 7.42. The molecule has 1 unspecified atom stereocenters. The third-order valence-corrected chi connectivity index (χ3v) is 6.19. The van der Waals surface area contributed by atoms with Crippen LogP contribution >= 0.6 is 27.7 Å². The third kappa shape index (κ3) is 5.95. The van der Waals surface area contributed by atoms with E-state index in [0.717, 1.165) is 0 Å². The fourth-order valence-electron chi connectivity index (χ4n) is 2.97. The van der Waals surface area contributed by atoms with E-state index in [1.54, 1.807) is 29.8 Å². The van der Waals surface area contributed by atoms with E-state index in [1.165, 1.54) is 23.9 Å². The van der Waals surface area contributed by atoms with Crippen molar-refractivity contribution in [3.05, 3.63) is 70.2 Å². The minimum Gasteiger partial charge on any atom is -0.342 e. The zero-order valence-electron chi connectivity index (χ0n) is 17.8. The number of anilines is 1. The molecule has 0 aliphatic carbocycles. The number of benzene rings is 2. The van der Waals surface area contributed by atoms with Gasteiger partial charge >= 0.3 is 0 Å². The minimum absolute atomic E-state index is 0.0319. The highest BCUT2D eigenvalue weighted by Crippen LogP contribution is 2.25. The molecule has 168 valence electrons. The van der Waals surface area contributed by atoms with Gasteiger partial charge in [0.15, 0.2) is 11.0 Å². The topological polar surface area (TPSA) is 88.9 Å². The highest BCUT2D eigenvalue weighted by molar-refractivity contribution is 9.10. The summed E-state index contributed by atoms with van der Waals surface area (Å²) >= 11 is 4.36. The smallest absolute Gasteiger partial charge is 0.251 e. The van der Waals surface area contributed by atoms with Crippen LogP contribution in [0.2, 0.25) is 0 Å². The van der Waals surface area contributed by atoms with Gasteiger partial charge in [0.2, 0.25) is 5.91 Å². The van der Waals surface area contributed by atoms with Crippen LogP contribution in [-0.4, -0.2) is 32.3 Å². The predicted molar refractivity (Wildman–Crippen MR) is 126 cm³/mol. The summed E-state index contributed by atoms with van der Waals surface area (Å²) in [5.41, 5.74) is 0.674. The van der Waals surface area contributed by atoms with E-state index in [1.807, 2.05) is 32.0 Å². The molecule has 0 aliphatic rings. The van der Waals surface area contributed by atoms with Crippen molar-refractivity contribution in [2.45, 2.75) is 25.0 Å². The molecule has 0 saturated heterocycles. The molecule has 2 aromatic carbocycles. The van der Waals surface area contributed by atoms with Gasteiger partial charge in [-0.2, -0.15) is 0 Å². The molecule has 0 aliphatic heterocycles. The van der Waals surface area contributed by atoms with Gasteiger partial charge in [-0.1, -0.05) is 59.7 Å². The van der Waals surface area contributed by atoms with Crippen LogP contribution in [0.5, 0.6) is 0 Å². The molecular formula is C22H23BrFN5O2S. The Morgan fingerprint density at radius 3 is 2.53 bits per heavy atom. The van der Waals surface area contributed by atoms with Gasteiger partial charge < -0.3 is 15.2 Å². The average Bonchev–Trinajstić information content (AvgIpc) is 3.12.